The molecule has 0 radical (unpaired) electrons. The highest BCUT2D eigenvalue weighted by Gasteiger charge is 2.04. The first-order chi connectivity index (χ1) is 12.7. The first kappa shape index (κ1) is 18.6. The molecule has 1 heterocycles. The highest BCUT2D eigenvalue weighted by molar-refractivity contribution is 5.81. The van der Waals surface area contributed by atoms with Crippen molar-refractivity contribution in [2.75, 3.05) is 0 Å². The summed E-state index contributed by atoms with van der Waals surface area (Å²) in [4.78, 5) is 3.56. The van der Waals surface area contributed by atoms with E-state index in [1.54, 1.807) is 0 Å². The molecular weight excluding hydrogens is 318 g/mol. The van der Waals surface area contributed by atoms with Crippen LogP contribution in [0, 0.1) is 6.92 Å². The highest BCUT2D eigenvalue weighted by atomic mass is 16.5. The van der Waals surface area contributed by atoms with E-state index < -0.39 is 0 Å². The first-order valence-electron chi connectivity index (χ1n) is 10.0. The Labute approximate surface area is 157 Å². The molecular formula is C24H31NO. The second-order valence-corrected chi connectivity index (χ2v) is 7.34. The maximum Gasteiger partial charge on any atom is 0.121 e. The Morgan fingerprint density at radius 2 is 1.62 bits per heavy atom. The summed E-state index contributed by atoms with van der Waals surface area (Å²) in [5, 5.41) is 1.27. The molecule has 0 saturated heterocycles. The average Bonchev–Trinajstić information content (AvgIpc) is 3.06. The van der Waals surface area contributed by atoms with Crippen LogP contribution in [0.4, 0.5) is 0 Å². The molecule has 0 fully saturated rings. The van der Waals surface area contributed by atoms with Crippen LogP contribution < -0.4 is 4.74 Å². The molecule has 1 aromatic heterocycles. The molecule has 2 nitrogen and oxygen atoms in total. The highest BCUT2D eigenvalue weighted by Crippen LogP contribution is 2.23. The van der Waals surface area contributed by atoms with Crippen molar-refractivity contribution in [3.05, 3.63) is 65.4 Å². The quantitative estimate of drug-likeness (QED) is 0.393. The summed E-state index contributed by atoms with van der Waals surface area (Å²) >= 11 is 0. The van der Waals surface area contributed by atoms with E-state index in [-0.39, 0.29) is 0 Å². The maximum atomic E-state index is 5.97. The normalized spacial score (nSPS) is 11.2. The van der Waals surface area contributed by atoms with Gasteiger partial charge in [-0.25, -0.2) is 0 Å². The van der Waals surface area contributed by atoms with Gasteiger partial charge < -0.3 is 9.72 Å². The monoisotopic (exact) mass is 349 g/mol. The number of aromatic nitrogens is 1. The smallest absolute Gasteiger partial charge is 0.121 e. The zero-order chi connectivity index (χ0) is 18.2. The first-order valence-corrected chi connectivity index (χ1v) is 10.0. The predicted octanol–water partition coefficient (Wildman–Crippen LogP) is 6.96. The summed E-state index contributed by atoms with van der Waals surface area (Å²) in [5.74, 6) is 0.922. The molecule has 3 rings (SSSR count). The number of H-pyrrole nitrogens is 1. The summed E-state index contributed by atoms with van der Waals surface area (Å²) in [5.41, 5.74) is 4.99. The lowest BCUT2D eigenvalue weighted by atomic mass is 10.1. The fourth-order valence-electron chi connectivity index (χ4n) is 3.34. The lowest BCUT2D eigenvalue weighted by molar-refractivity contribution is 0.306. The van der Waals surface area contributed by atoms with E-state index in [2.05, 4.69) is 67.4 Å². The second-order valence-electron chi connectivity index (χ2n) is 7.34. The van der Waals surface area contributed by atoms with Gasteiger partial charge in [-0.15, -0.1) is 0 Å². The van der Waals surface area contributed by atoms with E-state index in [1.165, 1.54) is 66.2 Å². The molecule has 2 heteroatoms. The third-order valence-electron chi connectivity index (χ3n) is 4.98. The SMILES string of the molecule is CCCCCCCCc1cc2ccc(OCc3ccc(C)cc3)cc2[nH]1. The molecule has 0 unspecified atom stereocenters. The van der Waals surface area contributed by atoms with Crippen LogP contribution >= 0.6 is 0 Å². The Morgan fingerprint density at radius 3 is 2.42 bits per heavy atom. The zero-order valence-electron chi connectivity index (χ0n) is 16.2. The van der Waals surface area contributed by atoms with E-state index >= 15 is 0 Å². The number of hydrogen-bond donors (Lipinski definition) is 1. The number of rotatable bonds is 10. The molecule has 0 aliphatic rings. The Hall–Kier alpha value is -2.22. The topological polar surface area (TPSA) is 25.0 Å². The average molecular weight is 350 g/mol. The number of fused-ring (bicyclic) bond motifs is 1. The van der Waals surface area contributed by atoms with Gasteiger partial charge in [0.25, 0.3) is 0 Å². The van der Waals surface area contributed by atoms with Crippen LogP contribution in [0.5, 0.6) is 5.75 Å². The van der Waals surface area contributed by atoms with Crippen molar-refractivity contribution in [2.24, 2.45) is 0 Å². The minimum atomic E-state index is 0.608. The van der Waals surface area contributed by atoms with E-state index in [1.807, 2.05) is 0 Å². The standard InChI is InChI=1S/C24H31NO/c1-3-4-5-6-7-8-9-22-16-21-14-15-23(17-24(21)25-22)26-18-20-12-10-19(2)11-13-20/h10-17,25H,3-9,18H2,1-2H3. The van der Waals surface area contributed by atoms with Crippen LogP contribution in [0.2, 0.25) is 0 Å². The molecule has 2 aromatic carbocycles. The van der Waals surface area contributed by atoms with Crippen LogP contribution in [-0.2, 0) is 13.0 Å². The third-order valence-corrected chi connectivity index (χ3v) is 4.98. The number of ether oxygens (including phenoxy) is 1. The van der Waals surface area contributed by atoms with Gasteiger partial charge in [0.15, 0.2) is 0 Å². The van der Waals surface area contributed by atoms with Crippen LogP contribution in [0.15, 0.2) is 48.5 Å². The van der Waals surface area contributed by atoms with Gasteiger partial charge in [0.1, 0.15) is 12.4 Å². The largest absolute Gasteiger partial charge is 0.489 e. The fraction of sp³-hybridized carbons (Fsp3) is 0.417. The Kier molecular flexibility index (Phi) is 6.76. The maximum absolute atomic E-state index is 5.97. The van der Waals surface area contributed by atoms with Gasteiger partial charge in [0.05, 0.1) is 0 Å². The summed E-state index contributed by atoms with van der Waals surface area (Å²) in [6.45, 7) is 4.98. The van der Waals surface area contributed by atoms with Gasteiger partial charge >= 0.3 is 0 Å². The number of hydrogen-bond acceptors (Lipinski definition) is 1. The summed E-state index contributed by atoms with van der Waals surface area (Å²) < 4.78 is 5.97. The minimum absolute atomic E-state index is 0.608. The van der Waals surface area contributed by atoms with Crippen LogP contribution in [0.1, 0.15) is 62.3 Å². The van der Waals surface area contributed by atoms with Crippen molar-refractivity contribution in [3.63, 3.8) is 0 Å². The number of benzene rings is 2. The zero-order valence-corrected chi connectivity index (χ0v) is 16.2. The lowest BCUT2D eigenvalue weighted by Crippen LogP contribution is -1.95. The number of unbranched alkanes of at least 4 members (excludes halogenated alkanes) is 5. The van der Waals surface area contributed by atoms with Crippen molar-refractivity contribution < 1.29 is 4.74 Å². The van der Waals surface area contributed by atoms with E-state index in [4.69, 9.17) is 4.74 Å². The molecule has 1 N–H and O–H groups in total. The van der Waals surface area contributed by atoms with Gasteiger partial charge in [-0.3, -0.25) is 0 Å². The summed E-state index contributed by atoms with van der Waals surface area (Å²) in [6.07, 6.45) is 9.18. The lowest BCUT2D eigenvalue weighted by Gasteiger charge is -2.06. The molecule has 0 saturated carbocycles. The Balaban J connectivity index is 1.52. The van der Waals surface area contributed by atoms with Crippen molar-refractivity contribution >= 4 is 10.9 Å². The number of aromatic amines is 1. The summed E-state index contributed by atoms with van der Waals surface area (Å²) in [6, 6.07) is 17.1. The van der Waals surface area contributed by atoms with E-state index in [0.717, 1.165) is 12.2 Å². The van der Waals surface area contributed by atoms with E-state index in [9.17, 15) is 0 Å². The molecule has 3 aromatic rings. The molecule has 0 amide bonds. The molecule has 26 heavy (non-hydrogen) atoms. The van der Waals surface area contributed by atoms with Crippen LogP contribution in [0.25, 0.3) is 10.9 Å². The van der Waals surface area contributed by atoms with Crippen molar-refractivity contribution in [2.45, 2.75) is 65.4 Å². The number of nitrogens with one attached hydrogen (secondary N) is 1. The predicted molar refractivity (Wildman–Crippen MR) is 111 cm³/mol. The molecule has 0 atom stereocenters. The molecule has 0 aliphatic heterocycles. The van der Waals surface area contributed by atoms with Gasteiger partial charge in [-0.05, 0) is 48.9 Å². The van der Waals surface area contributed by atoms with Crippen LogP contribution in [-0.4, -0.2) is 4.98 Å². The molecule has 0 bridgehead atoms. The van der Waals surface area contributed by atoms with Crippen molar-refractivity contribution in [1.29, 1.82) is 0 Å². The minimum Gasteiger partial charge on any atom is -0.489 e. The fourth-order valence-corrected chi connectivity index (χ4v) is 3.34. The second kappa shape index (κ2) is 9.47. The van der Waals surface area contributed by atoms with Gasteiger partial charge in [0, 0.05) is 17.3 Å². The van der Waals surface area contributed by atoms with Gasteiger partial charge in [-0.2, -0.15) is 0 Å². The molecule has 0 spiro atoms. The van der Waals surface area contributed by atoms with Crippen molar-refractivity contribution in [1.82, 2.24) is 4.98 Å². The Morgan fingerprint density at radius 1 is 0.846 bits per heavy atom. The summed E-state index contributed by atoms with van der Waals surface area (Å²) in [7, 11) is 0. The van der Waals surface area contributed by atoms with Crippen molar-refractivity contribution in [3.8, 4) is 5.75 Å². The molecule has 138 valence electrons. The third kappa shape index (κ3) is 5.39. The molecule has 0 aliphatic carbocycles. The van der Waals surface area contributed by atoms with Gasteiger partial charge in [0.2, 0.25) is 0 Å². The number of aryl methyl sites for hydroxylation is 2. The van der Waals surface area contributed by atoms with E-state index in [0.29, 0.717) is 6.61 Å². The van der Waals surface area contributed by atoms with Gasteiger partial charge in [-0.1, -0.05) is 68.9 Å². The van der Waals surface area contributed by atoms with Crippen LogP contribution in [0.3, 0.4) is 0 Å². The Bertz CT molecular complexity index is 801.